The predicted octanol–water partition coefficient (Wildman–Crippen LogP) is 4.66. The molecule has 2 heteroatoms. The van der Waals surface area contributed by atoms with Gasteiger partial charge in [-0.05, 0) is 37.1 Å². The number of rotatable bonds is 3. The Bertz CT molecular complexity index is 712. The lowest BCUT2D eigenvalue weighted by molar-refractivity contribution is 0.611. The van der Waals surface area contributed by atoms with E-state index in [0.717, 1.165) is 12.1 Å². The SMILES string of the molecule is Cc1cccc(NCc2coc3ccccc23)c1C. The lowest BCUT2D eigenvalue weighted by Gasteiger charge is -2.10. The fourth-order valence-electron chi connectivity index (χ4n) is 2.30. The Kier molecular flexibility index (Phi) is 3.00. The summed E-state index contributed by atoms with van der Waals surface area (Å²) in [5.74, 6) is 0. The molecule has 0 saturated heterocycles. The molecule has 0 fully saturated rings. The van der Waals surface area contributed by atoms with E-state index in [0.29, 0.717) is 0 Å². The highest BCUT2D eigenvalue weighted by molar-refractivity contribution is 5.81. The Morgan fingerprint density at radius 2 is 1.84 bits per heavy atom. The van der Waals surface area contributed by atoms with Crippen molar-refractivity contribution < 1.29 is 4.42 Å². The van der Waals surface area contributed by atoms with Crippen molar-refractivity contribution in [2.45, 2.75) is 20.4 Å². The molecule has 1 aromatic heterocycles. The van der Waals surface area contributed by atoms with E-state index in [4.69, 9.17) is 4.42 Å². The third-order valence-corrected chi connectivity index (χ3v) is 3.64. The summed E-state index contributed by atoms with van der Waals surface area (Å²) in [5.41, 5.74) is 5.93. The molecule has 3 rings (SSSR count). The highest BCUT2D eigenvalue weighted by Crippen LogP contribution is 2.23. The van der Waals surface area contributed by atoms with Gasteiger partial charge in [-0.3, -0.25) is 0 Å². The first kappa shape index (κ1) is 11.8. The molecule has 0 unspecified atom stereocenters. The van der Waals surface area contributed by atoms with Gasteiger partial charge in [-0.2, -0.15) is 0 Å². The number of hydrogen-bond acceptors (Lipinski definition) is 2. The van der Waals surface area contributed by atoms with Crippen molar-refractivity contribution in [3.8, 4) is 0 Å². The van der Waals surface area contributed by atoms with Crippen LogP contribution in [0.25, 0.3) is 11.0 Å². The summed E-state index contributed by atoms with van der Waals surface area (Å²) in [6.07, 6.45) is 1.84. The van der Waals surface area contributed by atoms with Gasteiger partial charge in [0.15, 0.2) is 0 Å². The molecule has 0 aliphatic heterocycles. The summed E-state index contributed by atoms with van der Waals surface area (Å²) in [6.45, 7) is 5.06. The third-order valence-electron chi connectivity index (χ3n) is 3.64. The van der Waals surface area contributed by atoms with Gasteiger partial charge in [0.25, 0.3) is 0 Å². The maximum atomic E-state index is 5.55. The van der Waals surface area contributed by atoms with Crippen molar-refractivity contribution in [2.75, 3.05) is 5.32 Å². The molecule has 0 atom stereocenters. The van der Waals surface area contributed by atoms with E-state index in [1.807, 2.05) is 24.5 Å². The molecule has 0 spiro atoms. The quantitative estimate of drug-likeness (QED) is 0.732. The molecule has 2 aromatic carbocycles. The maximum Gasteiger partial charge on any atom is 0.134 e. The number of anilines is 1. The van der Waals surface area contributed by atoms with Gasteiger partial charge in [-0.15, -0.1) is 0 Å². The first-order valence-electron chi connectivity index (χ1n) is 6.51. The molecule has 1 heterocycles. The average Bonchev–Trinajstić information content (AvgIpc) is 2.84. The van der Waals surface area contributed by atoms with Gasteiger partial charge in [-0.1, -0.05) is 30.3 Å². The fraction of sp³-hybridized carbons (Fsp3) is 0.176. The fourth-order valence-corrected chi connectivity index (χ4v) is 2.30. The second-order valence-corrected chi connectivity index (χ2v) is 4.86. The molecule has 0 amide bonds. The molecule has 0 aliphatic carbocycles. The van der Waals surface area contributed by atoms with Crippen LogP contribution in [0.15, 0.2) is 53.1 Å². The van der Waals surface area contributed by atoms with Crippen LogP contribution < -0.4 is 5.32 Å². The predicted molar refractivity (Wildman–Crippen MR) is 79.5 cm³/mol. The van der Waals surface area contributed by atoms with E-state index in [1.54, 1.807) is 0 Å². The van der Waals surface area contributed by atoms with E-state index >= 15 is 0 Å². The summed E-state index contributed by atoms with van der Waals surface area (Å²) in [5, 5.41) is 4.67. The van der Waals surface area contributed by atoms with Crippen LogP contribution in [0.2, 0.25) is 0 Å². The number of fused-ring (bicyclic) bond motifs is 1. The van der Waals surface area contributed by atoms with Crippen LogP contribution in [0.1, 0.15) is 16.7 Å². The minimum Gasteiger partial charge on any atom is -0.464 e. The Balaban J connectivity index is 1.84. The van der Waals surface area contributed by atoms with Crippen molar-refractivity contribution in [1.29, 1.82) is 0 Å². The van der Waals surface area contributed by atoms with E-state index in [-0.39, 0.29) is 0 Å². The second kappa shape index (κ2) is 4.81. The molecule has 3 aromatic rings. The molecule has 0 radical (unpaired) electrons. The summed E-state index contributed by atoms with van der Waals surface area (Å²) >= 11 is 0. The van der Waals surface area contributed by atoms with Crippen molar-refractivity contribution in [2.24, 2.45) is 0 Å². The highest BCUT2D eigenvalue weighted by atomic mass is 16.3. The largest absolute Gasteiger partial charge is 0.464 e. The molecule has 96 valence electrons. The van der Waals surface area contributed by atoms with Crippen LogP contribution >= 0.6 is 0 Å². The lowest BCUT2D eigenvalue weighted by atomic mass is 10.1. The zero-order chi connectivity index (χ0) is 13.2. The van der Waals surface area contributed by atoms with Gasteiger partial charge in [0.2, 0.25) is 0 Å². The van der Waals surface area contributed by atoms with E-state index in [9.17, 15) is 0 Å². The second-order valence-electron chi connectivity index (χ2n) is 4.86. The first-order chi connectivity index (χ1) is 9.25. The number of para-hydroxylation sites is 1. The number of hydrogen-bond donors (Lipinski definition) is 1. The van der Waals surface area contributed by atoms with E-state index in [1.165, 1.54) is 27.8 Å². The molecule has 0 bridgehead atoms. The Morgan fingerprint density at radius 3 is 2.74 bits per heavy atom. The highest BCUT2D eigenvalue weighted by Gasteiger charge is 2.05. The van der Waals surface area contributed by atoms with Crippen LogP contribution in [0.4, 0.5) is 5.69 Å². The van der Waals surface area contributed by atoms with Crippen LogP contribution in [-0.2, 0) is 6.54 Å². The van der Waals surface area contributed by atoms with Gasteiger partial charge < -0.3 is 9.73 Å². The maximum absolute atomic E-state index is 5.55. The van der Waals surface area contributed by atoms with Crippen LogP contribution in [-0.4, -0.2) is 0 Å². The Morgan fingerprint density at radius 1 is 1.00 bits per heavy atom. The molecular formula is C17H17NO. The number of furan rings is 1. The van der Waals surface area contributed by atoms with Gasteiger partial charge >= 0.3 is 0 Å². The minimum absolute atomic E-state index is 0.779. The van der Waals surface area contributed by atoms with Gasteiger partial charge in [0.1, 0.15) is 5.58 Å². The molecular weight excluding hydrogens is 234 g/mol. The minimum atomic E-state index is 0.779. The summed E-state index contributed by atoms with van der Waals surface area (Å²) in [4.78, 5) is 0. The van der Waals surface area contributed by atoms with Crippen LogP contribution in [0.5, 0.6) is 0 Å². The molecule has 19 heavy (non-hydrogen) atoms. The smallest absolute Gasteiger partial charge is 0.134 e. The number of aryl methyl sites for hydroxylation is 1. The van der Waals surface area contributed by atoms with E-state index in [2.05, 4.69) is 43.4 Å². The summed E-state index contributed by atoms with van der Waals surface area (Å²) in [6, 6.07) is 14.5. The first-order valence-corrected chi connectivity index (χ1v) is 6.51. The number of nitrogens with one attached hydrogen (secondary N) is 1. The summed E-state index contributed by atoms with van der Waals surface area (Å²) < 4.78 is 5.55. The van der Waals surface area contributed by atoms with E-state index < -0.39 is 0 Å². The number of benzene rings is 2. The summed E-state index contributed by atoms with van der Waals surface area (Å²) in [7, 11) is 0. The zero-order valence-corrected chi connectivity index (χ0v) is 11.2. The lowest BCUT2D eigenvalue weighted by Crippen LogP contribution is -2.01. The van der Waals surface area contributed by atoms with Crippen molar-refractivity contribution in [3.05, 3.63) is 65.4 Å². The third kappa shape index (κ3) is 2.22. The van der Waals surface area contributed by atoms with Gasteiger partial charge in [0, 0.05) is 23.2 Å². The average molecular weight is 251 g/mol. The van der Waals surface area contributed by atoms with Crippen molar-refractivity contribution >= 4 is 16.7 Å². The molecule has 0 aliphatic rings. The monoisotopic (exact) mass is 251 g/mol. The zero-order valence-electron chi connectivity index (χ0n) is 11.2. The standard InChI is InChI=1S/C17H17NO/c1-12-6-5-8-16(13(12)2)18-10-14-11-19-17-9-4-3-7-15(14)17/h3-9,11,18H,10H2,1-2H3. The Labute approximate surface area is 113 Å². The topological polar surface area (TPSA) is 25.2 Å². The van der Waals surface area contributed by atoms with Crippen molar-refractivity contribution in [1.82, 2.24) is 0 Å². The van der Waals surface area contributed by atoms with Gasteiger partial charge in [0.05, 0.1) is 6.26 Å². The Hall–Kier alpha value is -2.22. The molecule has 2 nitrogen and oxygen atoms in total. The normalized spacial score (nSPS) is 10.8. The van der Waals surface area contributed by atoms with Gasteiger partial charge in [-0.25, -0.2) is 0 Å². The van der Waals surface area contributed by atoms with Crippen LogP contribution in [0, 0.1) is 13.8 Å². The van der Waals surface area contributed by atoms with Crippen molar-refractivity contribution in [3.63, 3.8) is 0 Å². The molecule has 1 N–H and O–H groups in total. The van der Waals surface area contributed by atoms with Crippen LogP contribution in [0.3, 0.4) is 0 Å². The molecule has 0 saturated carbocycles.